The van der Waals surface area contributed by atoms with E-state index < -0.39 is 0 Å². The molecule has 0 aromatic carbocycles. The van der Waals surface area contributed by atoms with Crippen LogP contribution in [0.2, 0.25) is 0 Å². The van der Waals surface area contributed by atoms with Crippen molar-refractivity contribution in [2.24, 2.45) is 5.92 Å². The minimum atomic E-state index is 0.610. The van der Waals surface area contributed by atoms with Crippen LogP contribution in [-0.2, 0) is 6.42 Å². The third-order valence-corrected chi connectivity index (χ3v) is 3.27. The van der Waals surface area contributed by atoms with Crippen LogP contribution < -0.4 is 5.32 Å². The molecule has 1 aromatic rings. The highest BCUT2D eigenvalue weighted by molar-refractivity contribution is 7.09. The van der Waals surface area contributed by atoms with Crippen LogP contribution >= 0.6 is 11.3 Å². The summed E-state index contributed by atoms with van der Waals surface area (Å²) in [4.78, 5) is 1.52. The van der Waals surface area contributed by atoms with Gasteiger partial charge in [0.15, 0.2) is 0 Å². The number of hydrogen-bond acceptors (Lipinski definition) is 2. The Balaban J connectivity index is 2.12. The molecule has 0 spiro atoms. The first-order valence-corrected chi connectivity index (χ1v) is 6.32. The second-order valence-corrected chi connectivity index (χ2v) is 5.32. The van der Waals surface area contributed by atoms with Crippen molar-refractivity contribution in [3.8, 4) is 0 Å². The van der Waals surface area contributed by atoms with Crippen LogP contribution in [0.25, 0.3) is 0 Å². The van der Waals surface area contributed by atoms with Gasteiger partial charge < -0.3 is 5.32 Å². The van der Waals surface area contributed by atoms with E-state index in [0.29, 0.717) is 6.04 Å². The van der Waals surface area contributed by atoms with Gasteiger partial charge in [-0.3, -0.25) is 0 Å². The Morgan fingerprint density at radius 1 is 1.36 bits per heavy atom. The molecular formula is C12H21NS. The first kappa shape index (κ1) is 11.7. The minimum absolute atomic E-state index is 0.610. The molecule has 80 valence electrons. The van der Waals surface area contributed by atoms with Gasteiger partial charge >= 0.3 is 0 Å². The zero-order chi connectivity index (χ0) is 10.4. The summed E-state index contributed by atoms with van der Waals surface area (Å²) < 4.78 is 0. The van der Waals surface area contributed by atoms with Gasteiger partial charge in [-0.05, 0) is 36.8 Å². The predicted octanol–water partition coefficient (Wildman–Crippen LogP) is 3.31. The van der Waals surface area contributed by atoms with Gasteiger partial charge in [-0.25, -0.2) is 0 Å². The summed E-state index contributed by atoms with van der Waals surface area (Å²) in [6.07, 6.45) is 2.53. The average Bonchev–Trinajstić information content (AvgIpc) is 2.63. The Kier molecular flexibility index (Phi) is 5.20. The van der Waals surface area contributed by atoms with Gasteiger partial charge in [0.1, 0.15) is 0 Å². The van der Waals surface area contributed by atoms with E-state index in [9.17, 15) is 0 Å². The van der Waals surface area contributed by atoms with Gasteiger partial charge in [-0.2, -0.15) is 0 Å². The zero-order valence-electron chi connectivity index (χ0n) is 9.42. The second kappa shape index (κ2) is 6.20. The van der Waals surface area contributed by atoms with Crippen LogP contribution in [0.15, 0.2) is 17.5 Å². The van der Waals surface area contributed by atoms with Gasteiger partial charge in [-0.1, -0.05) is 26.8 Å². The zero-order valence-corrected chi connectivity index (χ0v) is 10.2. The highest BCUT2D eigenvalue weighted by atomic mass is 32.1. The van der Waals surface area contributed by atoms with Crippen molar-refractivity contribution in [1.29, 1.82) is 0 Å². The Labute approximate surface area is 91.5 Å². The van der Waals surface area contributed by atoms with E-state index >= 15 is 0 Å². The fourth-order valence-electron chi connectivity index (χ4n) is 1.38. The Morgan fingerprint density at radius 2 is 2.14 bits per heavy atom. The van der Waals surface area contributed by atoms with Gasteiger partial charge in [0.25, 0.3) is 0 Å². The summed E-state index contributed by atoms with van der Waals surface area (Å²) in [6.45, 7) is 7.87. The quantitative estimate of drug-likeness (QED) is 0.761. The molecule has 1 atom stereocenters. The molecule has 2 heteroatoms. The molecule has 0 amide bonds. The number of thiophene rings is 1. The molecule has 14 heavy (non-hydrogen) atoms. The molecule has 0 aliphatic carbocycles. The van der Waals surface area contributed by atoms with Crippen molar-refractivity contribution in [2.75, 3.05) is 6.54 Å². The maximum atomic E-state index is 3.48. The van der Waals surface area contributed by atoms with E-state index in [1.807, 2.05) is 11.3 Å². The molecule has 0 saturated carbocycles. The molecule has 1 unspecified atom stereocenters. The lowest BCUT2D eigenvalue weighted by Gasteiger charge is -2.14. The normalized spacial score (nSPS) is 13.4. The third kappa shape index (κ3) is 4.77. The van der Waals surface area contributed by atoms with E-state index in [0.717, 1.165) is 12.5 Å². The summed E-state index contributed by atoms with van der Waals surface area (Å²) in [5.41, 5.74) is 0. The SMILES string of the molecule is CC(CCc1cccs1)CNC(C)C. The van der Waals surface area contributed by atoms with Gasteiger partial charge in [0.05, 0.1) is 0 Å². The Hall–Kier alpha value is -0.340. The van der Waals surface area contributed by atoms with Gasteiger partial charge in [0, 0.05) is 10.9 Å². The van der Waals surface area contributed by atoms with Crippen LogP contribution in [-0.4, -0.2) is 12.6 Å². The van der Waals surface area contributed by atoms with Crippen molar-refractivity contribution >= 4 is 11.3 Å². The molecule has 0 radical (unpaired) electrons. The van der Waals surface area contributed by atoms with Gasteiger partial charge in [0.2, 0.25) is 0 Å². The maximum Gasteiger partial charge on any atom is 0.00453 e. The lowest BCUT2D eigenvalue weighted by atomic mass is 10.0. The van der Waals surface area contributed by atoms with E-state index in [1.165, 1.54) is 17.7 Å². The number of aryl methyl sites for hydroxylation is 1. The molecule has 1 N–H and O–H groups in total. The Morgan fingerprint density at radius 3 is 2.71 bits per heavy atom. The highest BCUT2D eigenvalue weighted by Crippen LogP contribution is 2.14. The molecule has 1 rings (SSSR count). The van der Waals surface area contributed by atoms with Crippen LogP contribution in [0.5, 0.6) is 0 Å². The molecule has 0 aliphatic rings. The van der Waals surface area contributed by atoms with E-state index in [2.05, 4.69) is 43.6 Å². The summed E-state index contributed by atoms with van der Waals surface area (Å²) in [5, 5.41) is 5.64. The number of rotatable bonds is 6. The number of nitrogens with one attached hydrogen (secondary N) is 1. The van der Waals surface area contributed by atoms with Crippen LogP contribution in [0, 0.1) is 5.92 Å². The summed E-state index contributed by atoms with van der Waals surface area (Å²) in [7, 11) is 0. The molecule has 1 heterocycles. The lowest BCUT2D eigenvalue weighted by Crippen LogP contribution is -2.27. The van der Waals surface area contributed by atoms with Crippen LogP contribution in [0.4, 0.5) is 0 Å². The van der Waals surface area contributed by atoms with E-state index in [1.54, 1.807) is 0 Å². The molecule has 0 bridgehead atoms. The monoisotopic (exact) mass is 211 g/mol. The number of hydrogen-bond donors (Lipinski definition) is 1. The third-order valence-electron chi connectivity index (χ3n) is 2.34. The average molecular weight is 211 g/mol. The van der Waals surface area contributed by atoms with Crippen molar-refractivity contribution in [3.05, 3.63) is 22.4 Å². The van der Waals surface area contributed by atoms with Crippen molar-refractivity contribution in [2.45, 2.75) is 39.7 Å². The largest absolute Gasteiger partial charge is 0.314 e. The topological polar surface area (TPSA) is 12.0 Å². The summed E-state index contributed by atoms with van der Waals surface area (Å²) in [6, 6.07) is 4.98. The van der Waals surface area contributed by atoms with Crippen LogP contribution in [0.3, 0.4) is 0 Å². The minimum Gasteiger partial charge on any atom is -0.314 e. The van der Waals surface area contributed by atoms with E-state index in [-0.39, 0.29) is 0 Å². The molecular weight excluding hydrogens is 190 g/mol. The molecule has 1 nitrogen and oxygen atoms in total. The molecule has 0 aliphatic heterocycles. The standard InChI is InChI=1S/C12H21NS/c1-10(2)13-9-11(3)6-7-12-5-4-8-14-12/h4-5,8,10-11,13H,6-7,9H2,1-3H3. The summed E-state index contributed by atoms with van der Waals surface area (Å²) >= 11 is 1.87. The smallest absolute Gasteiger partial charge is 0.00453 e. The highest BCUT2D eigenvalue weighted by Gasteiger charge is 2.03. The Bertz CT molecular complexity index is 228. The fraction of sp³-hybridized carbons (Fsp3) is 0.667. The maximum absolute atomic E-state index is 3.48. The van der Waals surface area contributed by atoms with Crippen LogP contribution in [0.1, 0.15) is 32.1 Å². The van der Waals surface area contributed by atoms with Crippen molar-refractivity contribution in [3.63, 3.8) is 0 Å². The second-order valence-electron chi connectivity index (χ2n) is 4.29. The van der Waals surface area contributed by atoms with Gasteiger partial charge in [-0.15, -0.1) is 11.3 Å². The molecule has 1 aromatic heterocycles. The van der Waals surface area contributed by atoms with Crippen molar-refractivity contribution < 1.29 is 0 Å². The lowest BCUT2D eigenvalue weighted by molar-refractivity contribution is 0.455. The fourth-order valence-corrected chi connectivity index (χ4v) is 2.11. The predicted molar refractivity (Wildman–Crippen MR) is 64.9 cm³/mol. The van der Waals surface area contributed by atoms with Crippen molar-refractivity contribution in [1.82, 2.24) is 5.32 Å². The van der Waals surface area contributed by atoms with E-state index in [4.69, 9.17) is 0 Å². The summed E-state index contributed by atoms with van der Waals surface area (Å²) in [5.74, 6) is 0.777. The first-order valence-electron chi connectivity index (χ1n) is 5.44. The first-order chi connectivity index (χ1) is 6.68. The molecule has 0 saturated heterocycles. The molecule has 0 fully saturated rings.